The van der Waals surface area contributed by atoms with E-state index in [1.54, 1.807) is 0 Å². The summed E-state index contributed by atoms with van der Waals surface area (Å²) in [6.45, 7) is 3.10. The molecule has 0 aliphatic rings. The molecule has 0 rings (SSSR count). The molecule has 0 saturated heterocycles. The average Bonchev–Trinajstić information content (AvgIpc) is 2.50. The number of rotatable bonds is 14. The Kier molecular flexibility index (Phi) is 11.3. The largest absolute Gasteiger partial charge is 0.395 e. The van der Waals surface area contributed by atoms with E-state index in [2.05, 4.69) is 13.8 Å². The fraction of sp³-hybridized carbons (Fsp3) is 1.00. The maximum atomic E-state index is 11.0. The second-order valence-electron chi connectivity index (χ2n) is 6.41. The SMILES string of the molecule is CCCCCCC(O)(CCCCCC)C(CO)(CO)CO. The van der Waals surface area contributed by atoms with Crippen LogP contribution in [0.3, 0.4) is 0 Å². The number of unbranched alkanes of at least 4 members (excludes halogenated alkanes) is 6. The van der Waals surface area contributed by atoms with Gasteiger partial charge in [0.25, 0.3) is 0 Å². The van der Waals surface area contributed by atoms with Crippen molar-refractivity contribution >= 4 is 0 Å². The van der Waals surface area contributed by atoms with Crippen LogP contribution in [0.2, 0.25) is 0 Å². The number of hydrogen-bond acceptors (Lipinski definition) is 4. The molecule has 4 N–H and O–H groups in total. The first kappa shape index (κ1) is 20.8. The van der Waals surface area contributed by atoms with E-state index in [0.29, 0.717) is 12.8 Å². The minimum Gasteiger partial charge on any atom is -0.395 e. The highest BCUT2D eigenvalue weighted by atomic mass is 16.3. The molecule has 0 unspecified atom stereocenters. The summed E-state index contributed by atoms with van der Waals surface area (Å²) in [6.07, 6.45) is 9.34. The molecule has 0 radical (unpaired) electrons. The zero-order valence-electron chi connectivity index (χ0n) is 14.0. The predicted molar refractivity (Wildman–Crippen MR) is 86.2 cm³/mol. The molecule has 0 aliphatic heterocycles. The van der Waals surface area contributed by atoms with Crippen molar-refractivity contribution in [1.29, 1.82) is 0 Å². The van der Waals surface area contributed by atoms with Crippen LogP contribution in [0.25, 0.3) is 0 Å². The molecule has 0 aromatic carbocycles. The van der Waals surface area contributed by atoms with E-state index in [-0.39, 0.29) is 0 Å². The summed E-state index contributed by atoms with van der Waals surface area (Å²) in [4.78, 5) is 0. The van der Waals surface area contributed by atoms with Crippen molar-refractivity contribution in [2.75, 3.05) is 19.8 Å². The maximum Gasteiger partial charge on any atom is 0.0770 e. The van der Waals surface area contributed by atoms with Crippen LogP contribution in [0.1, 0.15) is 78.1 Å². The van der Waals surface area contributed by atoms with Gasteiger partial charge in [0, 0.05) is 0 Å². The van der Waals surface area contributed by atoms with Gasteiger partial charge in [-0.3, -0.25) is 0 Å². The molecule has 0 bridgehead atoms. The molecular formula is C17H36O4. The third-order valence-electron chi connectivity index (χ3n) is 4.78. The Bertz CT molecular complexity index is 219. The number of aliphatic hydroxyl groups is 4. The van der Waals surface area contributed by atoms with E-state index in [4.69, 9.17) is 0 Å². The molecule has 4 heteroatoms. The highest BCUT2D eigenvalue weighted by molar-refractivity contribution is 4.98. The Balaban J connectivity index is 4.78. The van der Waals surface area contributed by atoms with Crippen molar-refractivity contribution in [2.45, 2.75) is 83.7 Å². The molecule has 0 aromatic heterocycles. The van der Waals surface area contributed by atoms with Gasteiger partial charge >= 0.3 is 0 Å². The monoisotopic (exact) mass is 304 g/mol. The molecule has 21 heavy (non-hydrogen) atoms. The van der Waals surface area contributed by atoms with E-state index in [1.165, 1.54) is 0 Å². The minimum absolute atomic E-state index is 0.391. The molecule has 0 atom stereocenters. The second-order valence-corrected chi connectivity index (χ2v) is 6.41. The third kappa shape index (κ3) is 6.23. The van der Waals surface area contributed by atoms with Gasteiger partial charge in [-0.1, -0.05) is 65.2 Å². The van der Waals surface area contributed by atoms with Crippen LogP contribution in [0.5, 0.6) is 0 Å². The van der Waals surface area contributed by atoms with Crippen LogP contribution >= 0.6 is 0 Å². The minimum atomic E-state index is -1.20. The molecule has 0 aromatic rings. The van der Waals surface area contributed by atoms with Crippen molar-refractivity contribution in [3.05, 3.63) is 0 Å². The zero-order chi connectivity index (χ0) is 16.2. The van der Waals surface area contributed by atoms with Crippen LogP contribution < -0.4 is 0 Å². The van der Waals surface area contributed by atoms with E-state index >= 15 is 0 Å². The smallest absolute Gasteiger partial charge is 0.0770 e. The second kappa shape index (κ2) is 11.4. The molecule has 0 amide bonds. The Labute approximate surface area is 130 Å². The lowest BCUT2D eigenvalue weighted by Crippen LogP contribution is -2.55. The molecule has 0 saturated carbocycles. The quantitative estimate of drug-likeness (QED) is 0.372. The molecule has 0 fully saturated rings. The molecular weight excluding hydrogens is 268 g/mol. The molecule has 0 aliphatic carbocycles. The van der Waals surface area contributed by atoms with Crippen molar-refractivity contribution < 1.29 is 20.4 Å². The highest BCUT2D eigenvalue weighted by Crippen LogP contribution is 2.39. The summed E-state index contributed by atoms with van der Waals surface area (Å²) in [5.41, 5.74) is -2.39. The van der Waals surface area contributed by atoms with Gasteiger partial charge in [-0.15, -0.1) is 0 Å². The van der Waals surface area contributed by atoms with Gasteiger partial charge in [0.05, 0.1) is 30.8 Å². The lowest BCUT2D eigenvalue weighted by Gasteiger charge is -2.44. The summed E-state index contributed by atoms with van der Waals surface area (Å²) in [7, 11) is 0. The summed E-state index contributed by atoms with van der Waals surface area (Å²) in [5, 5.41) is 40.0. The van der Waals surface area contributed by atoms with Crippen molar-refractivity contribution in [2.24, 2.45) is 5.41 Å². The lowest BCUT2D eigenvalue weighted by atomic mass is 9.68. The van der Waals surface area contributed by atoms with E-state index in [9.17, 15) is 20.4 Å². The van der Waals surface area contributed by atoms with E-state index < -0.39 is 30.8 Å². The van der Waals surface area contributed by atoms with Gasteiger partial charge in [-0.2, -0.15) is 0 Å². The molecule has 0 spiro atoms. The van der Waals surface area contributed by atoms with Gasteiger partial charge < -0.3 is 20.4 Å². The summed E-state index contributed by atoms with van der Waals surface area (Å²) in [6, 6.07) is 0. The fourth-order valence-electron chi connectivity index (χ4n) is 2.94. The van der Waals surface area contributed by atoms with Crippen LogP contribution in [0.15, 0.2) is 0 Å². The van der Waals surface area contributed by atoms with E-state index in [1.807, 2.05) is 0 Å². The standard InChI is InChI=1S/C17H36O4/c1-3-5-7-9-11-17(21,12-10-8-6-4-2)16(13-18,14-19)15-20/h18-21H,3-15H2,1-2H3. The summed E-state index contributed by atoms with van der Waals surface area (Å²) < 4.78 is 0. The van der Waals surface area contributed by atoms with Crippen LogP contribution in [-0.2, 0) is 0 Å². The van der Waals surface area contributed by atoms with Crippen LogP contribution in [-0.4, -0.2) is 45.8 Å². The van der Waals surface area contributed by atoms with E-state index in [0.717, 1.165) is 51.4 Å². The van der Waals surface area contributed by atoms with Gasteiger partial charge in [0.1, 0.15) is 0 Å². The Morgan fingerprint density at radius 1 is 0.619 bits per heavy atom. The number of hydrogen-bond donors (Lipinski definition) is 4. The van der Waals surface area contributed by atoms with Gasteiger partial charge in [-0.05, 0) is 12.8 Å². The lowest BCUT2D eigenvalue weighted by molar-refractivity contribution is -0.162. The highest BCUT2D eigenvalue weighted by Gasteiger charge is 2.48. The Morgan fingerprint density at radius 3 is 1.29 bits per heavy atom. The average molecular weight is 304 g/mol. The summed E-state index contributed by atoms with van der Waals surface area (Å²) >= 11 is 0. The van der Waals surface area contributed by atoms with Crippen LogP contribution in [0.4, 0.5) is 0 Å². The first-order chi connectivity index (χ1) is 10.1. The third-order valence-corrected chi connectivity index (χ3v) is 4.78. The van der Waals surface area contributed by atoms with Crippen molar-refractivity contribution in [3.8, 4) is 0 Å². The van der Waals surface area contributed by atoms with Gasteiger partial charge in [0.2, 0.25) is 0 Å². The predicted octanol–water partition coefficient (Wildman–Crippen LogP) is 2.62. The topological polar surface area (TPSA) is 80.9 Å². The van der Waals surface area contributed by atoms with Crippen molar-refractivity contribution in [3.63, 3.8) is 0 Å². The van der Waals surface area contributed by atoms with Gasteiger partial charge in [-0.25, -0.2) is 0 Å². The Morgan fingerprint density at radius 2 is 1.00 bits per heavy atom. The molecule has 4 nitrogen and oxygen atoms in total. The summed E-state index contributed by atoms with van der Waals surface area (Å²) in [5.74, 6) is 0. The van der Waals surface area contributed by atoms with Crippen LogP contribution in [0, 0.1) is 5.41 Å². The number of aliphatic hydroxyl groups excluding tert-OH is 3. The zero-order valence-corrected chi connectivity index (χ0v) is 14.0. The van der Waals surface area contributed by atoms with Crippen molar-refractivity contribution in [1.82, 2.24) is 0 Å². The normalized spacial score (nSPS) is 12.9. The molecule has 0 heterocycles. The first-order valence-corrected chi connectivity index (χ1v) is 8.60. The Hall–Kier alpha value is -0.160. The van der Waals surface area contributed by atoms with Gasteiger partial charge in [0.15, 0.2) is 0 Å². The fourth-order valence-corrected chi connectivity index (χ4v) is 2.94. The molecule has 128 valence electrons. The first-order valence-electron chi connectivity index (χ1n) is 8.60. The maximum absolute atomic E-state index is 11.0.